The van der Waals surface area contributed by atoms with Crippen LogP contribution in [0.2, 0.25) is 5.15 Å². The number of aromatic nitrogens is 2. The van der Waals surface area contributed by atoms with Crippen molar-refractivity contribution < 1.29 is 13.5 Å². The van der Waals surface area contributed by atoms with Crippen LogP contribution in [0, 0.1) is 0 Å². The molecular weight excluding hydrogens is 254 g/mol. The Hall–Kier alpha value is -0.630. The Morgan fingerprint density at radius 2 is 2.31 bits per heavy atom. The van der Waals surface area contributed by atoms with Gasteiger partial charge in [-0.1, -0.05) is 11.6 Å². The molecule has 0 unspecified atom stereocenters. The van der Waals surface area contributed by atoms with Gasteiger partial charge in [0.05, 0.1) is 18.5 Å². The Morgan fingerprint density at radius 3 is 2.69 bits per heavy atom. The number of hydrogen-bond acceptors (Lipinski definition) is 4. The van der Waals surface area contributed by atoms with Crippen LogP contribution in [-0.4, -0.2) is 35.2 Å². The van der Waals surface area contributed by atoms with Crippen LogP contribution in [-0.2, 0) is 17.1 Å². The molecule has 0 saturated heterocycles. The zero-order valence-corrected chi connectivity index (χ0v) is 10.2. The third kappa shape index (κ3) is 1.95. The van der Waals surface area contributed by atoms with Gasteiger partial charge in [-0.15, -0.1) is 0 Å². The number of nitrogens with one attached hydrogen (secondary N) is 1. The van der Waals surface area contributed by atoms with Crippen molar-refractivity contribution >= 4 is 21.6 Å². The summed E-state index contributed by atoms with van der Waals surface area (Å²) in [6.07, 6.45) is 2.59. The molecule has 6 nitrogen and oxygen atoms in total. The first kappa shape index (κ1) is 11.8. The van der Waals surface area contributed by atoms with Crippen molar-refractivity contribution in [2.45, 2.75) is 23.4 Å². The third-order valence-corrected chi connectivity index (χ3v) is 4.66. The van der Waals surface area contributed by atoms with Crippen molar-refractivity contribution in [2.75, 3.05) is 6.61 Å². The summed E-state index contributed by atoms with van der Waals surface area (Å²) in [7, 11) is -2.15. The number of hydrogen-bond donors (Lipinski definition) is 2. The summed E-state index contributed by atoms with van der Waals surface area (Å²) < 4.78 is 27.6. The van der Waals surface area contributed by atoms with E-state index in [-0.39, 0.29) is 16.8 Å². The first-order valence-electron chi connectivity index (χ1n) is 4.72. The molecule has 0 bridgehead atoms. The van der Waals surface area contributed by atoms with Crippen LogP contribution in [0.4, 0.5) is 0 Å². The van der Waals surface area contributed by atoms with Gasteiger partial charge in [-0.05, 0) is 12.8 Å². The number of aliphatic hydroxyl groups excluding tert-OH is 1. The maximum atomic E-state index is 11.9. The third-order valence-electron chi connectivity index (χ3n) is 2.60. The second-order valence-corrected chi connectivity index (χ2v) is 5.95. The predicted octanol–water partition coefficient (Wildman–Crippen LogP) is -0.123. The number of nitrogens with zero attached hydrogens (tertiary/aromatic N) is 2. The quantitative estimate of drug-likeness (QED) is 0.795. The van der Waals surface area contributed by atoms with Crippen LogP contribution in [0.3, 0.4) is 0 Å². The SMILES string of the molecule is Cn1cnc(S(=O)(=O)NC2(CO)CC2)c1Cl. The highest BCUT2D eigenvalue weighted by molar-refractivity contribution is 7.89. The van der Waals surface area contributed by atoms with Crippen molar-refractivity contribution in [1.82, 2.24) is 14.3 Å². The van der Waals surface area contributed by atoms with Crippen LogP contribution in [0.5, 0.6) is 0 Å². The van der Waals surface area contributed by atoms with E-state index < -0.39 is 15.6 Å². The molecule has 1 aromatic heterocycles. The lowest BCUT2D eigenvalue weighted by atomic mass is 10.3. The van der Waals surface area contributed by atoms with E-state index in [4.69, 9.17) is 16.7 Å². The Kier molecular flexibility index (Phi) is 2.73. The molecule has 1 aromatic rings. The van der Waals surface area contributed by atoms with Crippen LogP contribution < -0.4 is 4.72 Å². The van der Waals surface area contributed by atoms with Crippen molar-refractivity contribution in [2.24, 2.45) is 7.05 Å². The first-order valence-corrected chi connectivity index (χ1v) is 6.58. The van der Waals surface area contributed by atoms with E-state index in [0.29, 0.717) is 12.8 Å². The highest BCUT2D eigenvalue weighted by Crippen LogP contribution is 2.36. The van der Waals surface area contributed by atoms with Gasteiger partial charge in [0.15, 0.2) is 0 Å². The average Bonchev–Trinajstić information content (AvgIpc) is 2.89. The zero-order chi connectivity index (χ0) is 12.0. The minimum absolute atomic E-state index is 0.0567. The Labute approximate surface area is 98.3 Å². The van der Waals surface area contributed by atoms with Crippen molar-refractivity contribution in [3.8, 4) is 0 Å². The van der Waals surface area contributed by atoms with E-state index in [1.54, 1.807) is 7.05 Å². The Bertz CT molecular complexity index is 507. The van der Waals surface area contributed by atoms with E-state index >= 15 is 0 Å². The molecule has 0 aromatic carbocycles. The molecule has 1 fully saturated rings. The fourth-order valence-corrected chi connectivity index (χ4v) is 3.24. The molecule has 1 heterocycles. The molecule has 90 valence electrons. The largest absolute Gasteiger partial charge is 0.394 e. The van der Waals surface area contributed by atoms with Crippen LogP contribution in [0.15, 0.2) is 11.4 Å². The molecule has 0 aliphatic heterocycles. The summed E-state index contributed by atoms with van der Waals surface area (Å²) >= 11 is 5.80. The molecule has 0 spiro atoms. The minimum Gasteiger partial charge on any atom is -0.394 e. The van der Waals surface area contributed by atoms with Crippen LogP contribution >= 0.6 is 11.6 Å². The molecule has 16 heavy (non-hydrogen) atoms. The van der Waals surface area contributed by atoms with E-state index in [1.165, 1.54) is 10.9 Å². The average molecular weight is 266 g/mol. The minimum atomic E-state index is -3.75. The molecule has 0 atom stereocenters. The molecule has 1 aliphatic rings. The summed E-state index contributed by atoms with van der Waals surface area (Å²) in [5.74, 6) is 0. The van der Waals surface area contributed by atoms with Gasteiger partial charge in [0, 0.05) is 7.05 Å². The summed E-state index contributed by atoms with van der Waals surface area (Å²) in [6, 6.07) is 0. The van der Waals surface area contributed by atoms with Crippen LogP contribution in [0.25, 0.3) is 0 Å². The van der Waals surface area contributed by atoms with E-state index in [9.17, 15) is 8.42 Å². The Morgan fingerprint density at radius 1 is 1.69 bits per heavy atom. The van der Waals surface area contributed by atoms with E-state index in [2.05, 4.69) is 9.71 Å². The number of rotatable bonds is 4. The first-order chi connectivity index (χ1) is 7.40. The van der Waals surface area contributed by atoms with Crippen LogP contribution in [0.1, 0.15) is 12.8 Å². The van der Waals surface area contributed by atoms with E-state index in [1.807, 2.05) is 0 Å². The molecule has 0 radical (unpaired) electrons. The number of imidazole rings is 1. The highest BCUT2D eigenvalue weighted by Gasteiger charge is 2.46. The second kappa shape index (κ2) is 3.69. The number of aryl methyl sites for hydroxylation is 1. The molecule has 2 rings (SSSR count). The van der Waals surface area contributed by atoms with Gasteiger partial charge in [0.25, 0.3) is 10.0 Å². The molecule has 1 aliphatic carbocycles. The smallest absolute Gasteiger partial charge is 0.261 e. The summed E-state index contributed by atoms with van der Waals surface area (Å²) in [5, 5.41) is 8.91. The van der Waals surface area contributed by atoms with Gasteiger partial charge in [-0.2, -0.15) is 0 Å². The van der Waals surface area contributed by atoms with Gasteiger partial charge in [0.2, 0.25) is 5.03 Å². The molecule has 8 heteroatoms. The summed E-state index contributed by atoms with van der Waals surface area (Å²) in [6.45, 7) is -0.212. The second-order valence-electron chi connectivity index (χ2n) is 4.00. The van der Waals surface area contributed by atoms with Crippen molar-refractivity contribution in [3.05, 3.63) is 11.5 Å². The highest BCUT2D eigenvalue weighted by atomic mass is 35.5. The fraction of sp³-hybridized carbons (Fsp3) is 0.625. The molecule has 2 N–H and O–H groups in total. The lowest BCUT2D eigenvalue weighted by molar-refractivity contribution is 0.246. The topological polar surface area (TPSA) is 84.2 Å². The van der Waals surface area contributed by atoms with E-state index in [0.717, 1.165) is 0 Å². The normalized spacial score (nSPS) is 18.7. The molecule has 1 saturated carbocycles. The van der Waals surface area contributed by atoms with Gasteiger partial charge >= 0.3 is 0 Å². The molecular formula is C8H12ClN3O3S. The number of halogens is 1. The maximum Gasteiger partial charge on any atom is 0.261 e. The maximum absolute atomic E-state index is 11.9. The lowest BCUT2D eigenvalue weighted by Crippen LogP contribution is -2.39. The predicted molar refractivity (Wildman–Crippen MR) is 57.6 cm³/mol. The van der Waals surface area contributed by atoms with Gasteiger partial charge in [0.1, 0.15) is 5.15 Å². The van der Waals surface area contributed by atoms with Crippen molar-refractivity contribution in [1.29, 1.82) is 0 Å². The number of sulfonamides is 1. The monoisotopic (exact) mass is 265 g/mol. The fourth-order valence-electron chi connectivity index (χ4n) is 1.35. The Balaban J connectivity index is 2.29. The molecule has 0 amide bonds. The zero-order valence-electron chi connectivity index (χ0n) is 8.64. The number of aliphatic hydroxyl groups is 1. The van der Waals surface area contributed by atoms with Gasteiger partial charge in [-0.3, -0.25) is 0 Å². The van der Waals surface area contributed by atoms with Gasteiger partial charge in [-0.25, -0.2) is 18.1 Å². The lowest BCUT2D eigenvalue weighted by Gasteiger charge is -2.13. The summed E-state index contributed by atoms with van der Waals surface area (Å²) in [5.41, 5.74) is -0.709. The van der Waals surface area contributed by atoms with Crippen molar-refractivity contribution in [3.63, 3.8) is 0 Å². The van der Waals surface area contributed by atoms with Gasteiger partial charge < -0.3 is 9.67 Å². The summed E-state index contributed by atoms with van der Waals surface area (Å²) in [4.78, 5) is 3.73. The standard InChI is InChI=1S/C8H12ClN3O3S/c1-12-5-10-7(6(12)9)16(14,15)11-8(4-13)2-3-8/h5,11,13H,2-4H2,1H3.